The summed E-state index contributed by atoms with van der Waals surface area (Å²) in [4.78, 5) is 0. The van der Waals surface area contributed by atoms with Crippen LogP contribution in [0.15, 0.2) is 0 Å². The minimum Gasteiger partial charge on any atom is -0.277 e. The van der Waals surface area contributed by atoms with E-state index in [4.69, 9.17) is 13.0 Å². The highest BCUT2D eigenvalue weighted by Gasteiger charge is 1.83. The van der Waals surface area contributed by atoms with Crippen LogP contribution in [0.4, 0.5) is 0 Å². The topological polar surface area (TPSA) is 54.4 Å². The van der Waals surface area contributed by atoms with Crippen LogP contribution < -0.4 is 0 Å². The van der Waals surface area contributed by atoms with Crippen molar-refractivity contribution in [3.8, 4) is 0 Å². The second kappa shape index (κ2) is 3.08. The number of rotatable bonds is 0. The van der Waals surface area contributed by atoms with Gasteiger partial charge in [0.15, 0.2) is 0 Å². The van der Waals surface area contributed by atoms with Crippen molar-refractivity contribution >= 4 is 43.9 Å². The Morgan fingerprint density at radius 1 is 1.50 bits per heavy atom. The molecule has 0 aliphatic rings. The summed E-state index contributed by atoms with van der Waals surface area (Å²) in [6, 6.07) is 0. The Labute approximate surface area is 56.8 Å². The molecule has 0 heterocycles. The molecule has 0 aromatic rings. The predicted octanol–water partition coefficient (Wildman–Crippen LogP) is -1.20. The van der Waals surface area contributed by atoms with Gasteiger partial charge in [-0.05, 0) is 11.7 Å². The monoisotopic (exact) mass is 140 g/mol. The molecule has 0 rings (SSSR count). The van der Waals surface area contributed by atoms with Gasteiger partial charge in [0.05, 0.1) is 0 Å². The van der Waals surface area contributed by atoms with Gasteiger partial charge in [-0.15, -0.1) is 0 Å². The molecule has 6 heavy (non-hydrogen) atoms. The van der Waals surface area contributed by atoms with Gasteiger partial charge in [0.2, 0.25) is 0 Å². The zero-order valence-corrected chi connectivity index (χ0v) is 3.83. The maximum atomic E-state index is 9.05. The maximum absolute atomic E-state index is 9.05. The molecule has 0 bridgehead atoms. The molecule has 3 nitrogen and oxygen atoms in total. The lowest BCUT2D eigenvalue weighted by atomic mass is 15.9. The standard InChI is InChI=1S/Mg.H2O3S2.2H/c;1-5(2,3)4;;/h;(H2,1,2,3,4);;. The largest absolute Gasteiger partial charge is 0.316 e. The van der Waals surface area contributed by atoms with E-state index in [0.29, 0.717) is 0 Å². The first-order valence-electron chi connectivity index (χ1n) is 0.698. The fourth-order valence-corrected chi connectivity index (χ4v) is 0. The molecule has 0 aliphatic heterocycles. The van der Waals surface area contributed by atoms with Crippen LogP contribution in [-0.4, -0.2) is 36.0 Å². The molecule has 36 valence electrons. The summed E-state index contributed by atoms with van der Waals surface area (Å²) in [5.74, 6) is 0. The molecule has 0 saturated heterocycles. The van der Waals surface area contributed by atoms with Crippen LogP contribution in [0.25, 0.3) is 0 Å². The first-order valence-corrected chi connectivity index (χ1v) is 3.19. The summed E-state index contributed by atoms with van der Waals surface area (Å²) in [5, 5.41) is 0. The lowest BCUT2D eigenvalue weighted by Gasteiger charge is -1.67. The minimum absolute atomic E-state index is 0. The van der Waals surface area contributed by atoms with Crippen molar-refractivity contribution in [1.29, 1.82) is 0 Å². The molecular weight excluding hydrogens is 136 g/mol. The Hall–Kier alpha value is 1.03. The van der Waals surface area contributed by atoms with Crippen LogP contribution in [0.5, 0.6) is 0 Å². The van der Waals surface area contributed by atoms with Crippen molar-refractivity contribution in [2.75, 3.05) is 0 Å². The first kappa shape index (κ1) is 10.1. The lowest BCUT2D eigenvalue weighted by Crippen LogP contribution is -1.78. The van der Waals surface area contributed by atoms with E-state index in [-0.39, 0.29) is 23.1 Å². The van der Waals surface area contributed by atoms with E-state index < -0.39 is 9.15 Å². The van der Waals surface area contributed by atoms with E-state index in [0.717, 1.165) is 0 Å². The van der Waals surface area contributed by atoms with E-state index in [1.807, 2.05) is 0 Å². The van der Waals surface area contributed by atoms with E-state index in [1.54, 1.807) is 0 Å². The van der Waals surface area contributed by atoms with E-state index in [1.165, 1.54) is 0 Å². The second-order valence-corrected chi connectivity index (χ2v) is 2.73. The minimum atomic E-state index is -3.97. The van der Waals surface area contributed by atoms with Crippen molar-refractivity contribution in [3.63, 3.8) is 0 Å². The Morgan fingerprint density at radius 2 is 1.50 bits per heavy atom. The Morgan fingerprint density at radius 3 is 1.50 bits per heavy atom. The number of hydrogen-bond acceptors (Lipinski definition) is 2. The summed E-state index contributed by atoms with van der Waals surface area (Å²) < 4.78 is 25.5. The molecule has 0 saturated carbocycles. The highest BCUT2D eigenvalue weighted by molar-refractivity contribution is 8.61. The lowest BCUT2D eigenvalue weighted by molar-refractivity contribution is 0.503. The van der Waals surface area contributed by atoms with Gasteiger partial charge in [-0.3, -0.25) is 4.55 Å². The van der Waals surface area contributed by atoms with Crippen LogP contribution in [0.1, 0.15) is 0 Å². The third kappa shape index (κ3) is 77.4. The van der Waals surface area contributed by atoms with Gasteiger partial charge in [-0.1, -0.05) is 0 Å². The van der Waals surface area contributed by atoms with Gasteiger partial charge in [0.25, 0.3) is 0 Å². The quantitative estimate of drug-likeness (QED) is 0.192. The molecule has 0 atom stereocenters. The van der Waals surface area contributed by atoms with Gasteiger partial charge in [-0.25, -0.2) is 0 Å². The van der Waals surface area contributed by atoms with E-state index in [2.05, 4.69) is 11.7 Å². The van der Waals surface area contributed by atoms with Gasteiger partial charge >= 0.3 is 32.2 Å². The van der Waals surface area contributed by atoms with Crippen LogP contribution in [0, 0.1) is 0 Å². The van der Waals surface area contributed by atoms with Crippen molar-refractivity contribution in [2.24, 2.45) is 0 Å². The molecule has 0 aromatic carbocycles. The molecule has 1 N–H and O–H groups in total. The van der Waals surface area contributed by atoms with Gasteiger partial charge in [0.1, 0.15) is 0 Å². The number of thiol groups is 1. The van der Waals surface area contributed by atoms with Crippen molar-refractivity contribution in [3.05, 3.63) is 0 Å². The fourth-order valence-electron chi connectivity index (χ4n) is 0. The highest BCUT2D eigenvalue weighted by atomic mass is 33.1. The average molecular weight is 140 g/mol. The van der Waals surface area contributed by atoms with E-state index >= 15 is 0 Å². The zero-order chi connectivity index (χ0) is 4.50. The zero-order valence-electron chi connectivity index (χ0n) is 2.12. The molecule has 0 amide bonds. The van der Waals surface area contributed by atoms with Crippen LogP contribution >= 0.6 is 11.7 Å². The van der Waals surface area contributed by atoms with Gasteiger partial charge < -0.3 is 0 Å². The molecule has 0 radical (unpaired) electrons. The average Bonchev–Trinajstić information content (AvgIpc) is 0.722. The van der Waals surface area contributed by atoms with Crippen LogP contribution in [0.2, 0.25) is 0 Å². The maximum Gasteiger partial charge on any atom is 0.316 e. The summed E-state index contributed by atoms with van der Waals surface area (Å²) in [5.41, 5.74) is 0. The smallest absolute Gasteiger partial charge is 0.277 e. The van der Waals surface area contributed by atoms with Gasteiger partial charge in [0, 0.05) is 0 Å². The van der Waals surface area contributed by atoms with Crippen LogP contribution in [0.3, 0.4) is 0 Å². The first-order chi connectivity index (χ1) is 2.00. The summed E-state index contributed by atoms with van der Waals surface area (Å²) in [7, 11) is -3.97. The van der Waals surface area contributed by atoms with Crippen molar-refractivity contribution < 1.29 is 13.0 Å². The van der Waals surface area contributed by atoms with E-state index in [9.17, 15) is 0 Å². The molecule has 0 unspecified atom stereocenters. The molecule has 6 heteroatoms. The second-order valence-electron chi connectivity index (χ2n) is 0.448. The Balaban J connectivity index is 0. The molecule has 0 aromatic heterocycles. The summed E-state index contributed by atoms with van der Waals surface area (Å²) in [6.07, 6.45) is 0. The molecule has 0 spiro atoms. The fraction of sp³-hybridized carbons (Fsp3) is 0. The Bertz CT molecular complexity index is 92.0. The predicted molar refractivity (Wildman–Crippen MR) is 29.1 cm³/mol. The van der Waals surface area contributed by atoms with Gasteiger partial charge in [-0.2, -0.15) is 8.42 Å². The Kier molecular flexibility index (Phi) is 5.19. The number of hydrogen-bond donors (Lipinski definition) is 2. The highest BCUT2D eigenvalue weighted by Crippen LogP contribution is 1.81. The molecule has 0 aliphatic carbocycles. The third-order valence-electron chi connectivity index (χ3n) is 0. The van der Waals surface area contributed by atoms with Crippen molar-refractivity contribution in [1.82, 2.24) is 0 Å². The van der Waals surface area contributed by atoms with Crippen molar-refractivity contribution in [2.45, 2.75) is 0 Å². The SMILES string of the molecule is O=S(=O)(O)S.[MgH2]. The normalized spacial score (nSPS) is 9.67. The third-order valence-corrected chi connectivity index (χ3v) is 0. The van der Waals surface area contributed by atoms with Crippen LogP contribution in [-0.2, 0) is 9.15 Å². The molecular formula is H4MgO3S2. The molecule has 0 fully saturated rings. The summed E-state index contributed by atoms with van der Waals surface area (Å²) >= 11 is 2.65. The summed E-state index contributed by atoms with van der Waals surface area (Å²) in [6.45, 7) is 0.